The van der Waals surface area contributed by atoms with E-state index in [4.69, 9.17) is 42.9 Å². The quantitative estimate of drug-likeness (QED) is 0.130. The van der Waals surface area contributed by atoms with E-state index in [0.29, 0.717) is 34.8 Å². The standard InChI is InChI=1S/C33H39NO12/c1-7-42-30(36)33(23-10-12-24(38-3)13-11-23,34-31(37)45-28-9-8-15-43-28)32(21(2)20-35,27-14-16-44-46-27)19-22-17-25(39-4)29(41-6)26(18-22)40-5/h8-14,17-18,20-21,28H,7,15-16,19H2,1-6H3,(H,34,37). The second kappa shape index (κ2) is 15.0. The van der Waals surface area contributed by atoms with Gasteiger partial charge in [0.25, 0.3) is 0 Å². The van der Waals surface area contributed by atoms with Gasteiger partial charge >= 0.3 is 12.1 Å². The number of hydrogen-bond acceptors (Lipinski definition) is 12. The van der Waals surface area contributed by atoms with Crippen molar-refractivity contribution in [1.29, 1.82) is 0 Å². The second-order valence-electron chi connectivity index (χ2n) is 10.4. The van der Waals surface area contributed by atoms with Gasteiger partial charge in [-0.25, -0.2) is 9.59 Å². The molecule has 46 heavy (non-hydrogen) atoms. The fourth-order valence-electron chi connectivity index (χ4n) is 5.91. The minimum absolute atomic E-state index is 0.00455. The third kappa shape index (κ3) is 6.33. The molecule has 13 heteroatoms. The van der Waals surface area contributed by atoms with Crippen molar-refractivity contribution in [3.8, 4) is 23.0 Å². The molecule has 0 saturated carbocycles. The Kier molecular flexibility index (Phi) is 11.1. The van der Waals surface area contributed by atoms with Crippen molar-refractivity contribution in [2.45, 2.75) is 32.1 Å². The lowest BCUT2D eigenvalue weighted by molar-refractivity contribution is -0.254. The van der Waals surface area contributed by atoms with Gasteiger partial charge in [-0.05, 0) is 60.9 Å². The van der Waals surface area contributed by atoms with E-state index in [0.717, 1.165) is 0 Å². The molecule has 13 nitrogen and oxygen atoms in total. The van der Waals surface area contributed by atoms with E-state index in [1.54, 1.807) is 68.5 Å². The van der Waals surface area contributed by atoms with Gasteiger partial charge in [0.05, 0.1) is 47.1 Å². The predicted molar refractivity (Wildman–Crippen MR) is 162 cm³/mol. The maximum absolute atomic E-state index is 14.7. The number of methoxy groups -OCH3 is 4. The van der Waals surface area contributed by atoms with Crippen LogP contribution in [0.5, 0.6) is 23.0 Å². The molecule has 4 unspecified atom stereocenters. The van der Waals surface area contributed by atoms with Crippen LogP contribution in [0.1, 0.15) is 25.0 Å². The highest BCUT2D eigenvalue weighted by molar-refractivity contribution is 5.90. The number of alkyl carbamates (subject to hydrolysis) is 1. The van der Waals surface area contributed by atoms with Crippen LogP contribution in [0.3, 0.4) is 0 Å². The van der Waals surface area contributed by atoms with E-state index >= 15 is 0 Å². The van der Waals surface area contributed by atoms with Gasteiger partial charge < -0.3 is 48.2 Å². The number of benzene rings is 2. The third-order valence-corrected chi connectivity index (χ3v) is 8.05. The van der Waals surface area contributed by atoms with E-state index in [2.05, 4.69) is 5.32 Å². The van der Waals surface area contributed by atoms with Gasteiger partial charge in [-0.3, -0.25) is 0 Å². The van der Waals surface area contributed by atoms with Crippen LogP contribution in [0.25, 0.3) is 0 Å². The minimum atomic E-state index is -2.19. The van der Waals surface area contributed by atoms with Crippen molar-refractivity contribution in [3.05, 3.63) is 71.5 Å². The Bertz CT molecular complexity index is 1430. The van der Waals surface area contributed by atoms with Crippen LogP contribution in [0.15, 0.2) is 60.4 Å². The monoisotopic (exact) mass is 641 g/mol. The highest BCUT2D eigenvalue weighted by atomic mass is 17.2. The van der Waals surface area contributed by atoms with Crippen molar-refractivity contribution in [2.75, 3.05) is 48.3 Å². The first-order chi connectivity index (χ1) is 22.2. The molecule has 0 radical (unpaired) electrons. The maximum atomic E-state index is 14.7. The van der Waals surface area contributed by atoms with Gasteiger partial charge in [-0.15, -0.1) is 0 Å². The summed E-state index contributed by atoms with van der Waals surface area (Å²) in [5.41, 5.74) is -3.18. The van der Waals surface area contributed by atoms with Gasteiger partial charge in [-0.2, -0.15) is 4.89 Å². The fraction of sp³-hybridized carbons (Fsp3) is 0.424. The molecule has 2 aliphatic rings. The molecule has 248 valence electrons. The summed E-state index contributed by atoms with van der Waals surface area (Å²) in [6.45, 7) is 3.43. The van der Waals surface area contributed by atoms with Crippen LogP contribution < -0.4 is 24.3 Å². The lowest BCUT2D eigenvalue weighted by atomic mass is 9.56. The zero-order valence-electron chi connectivity index (χ0n) is 26.7. The number of amides is 1. The van der Waals surface area contributed by atoms with E-state index in [1.807, 2.05) is 0 Å². The van der Waals surface area contributed by atoms with Crippen LogP contribution in [0, 0.1) is 11.3 Å². The SMILES string of the molecule is CCOC(=O)C(NC(=O)OC1C=CCO1)(c1ccc(OC)cc1)C(Cc1cc(OC)c(OC)c(OC)c1)(C1=CCOO1)C(C)C=O. The maximum Gasteiger partial charge on any atom is 0.410 e. The Morgan fingerprint density at radius 1 is 1.02 bits per heavy atom. The smallest absolute Gasteiger partial charge is 0.410 e. The molecular formula is C33H39NO12. The van der Waals surface area contributed by atoms with Crippen LogP contribution in [0.2, 0.25) is 0 Å². The Balaban J connectivity index is 2.09. The molecule has 1 N–H and O–H groups in total. The normalized spacial score (nSPS) is 18.6. The van der Waals surface area contributed by atoms with E-state index in [9.17, 15) is 14.4 Å². The Morgan fingerprint density at radius 2 is 1.72 bits per heavy atom. The van der Waals surface area contributed by atoms with Gasteiger partial charge in [0, 0.05) is 5.92 Å². The fourth-order valence-corrected chi connectivity index (χ4v) is 5.91. The number of nitrogens with one attached hydrogen (secondary N) is 1. The van der Waals surface area contributed by atoms with E-state index < -0.39 is 35.2 Å². The molecule has 0 aliphatic carbocycles. The number of ether oxygens (including phenoxy) is 7. The molecule has 2 aliphatic heterocycles. The zero-order chi connectivity index (χ0) is 33.3. The number of hydrogen-bond donors (Lipinski definition) is 1. The van der Waals surface area contributed by atoms with Gasteiger partial charge in [0.15, 0.2) is 22.8 Å². The first-order valence-corrected chi connectivity index (χ1v) is 14.6. The van der Waals surface area contributed by atoms with Crippen LogP contribution in [-0.4, -0.2) is 72.9 Å². The summed E-state index contributed by atoms with van der Waals surface area (Å²) in [5, 5.41) is 2.82. The third-order valence-electron chi connectivity index (χ3n) is 8.05. The summed E-state index contributed by atoms with van der Waals surface area (Å²) in [7, 11) is 5.91. The molecule has 0 saturated heterocycles. The molecule has 0 fully saturated rings. The number of carbonyl (C=O) groups is 3. The summed E-state index contributed by atoms with van der Waals surface area (Å²) >= 11 is 0. The molecule has 0 bridgehead atoms. The number of aldehydes is 1. The van der Waals surface area contributed by atoms with Crippen LogP contribution >= 0.6 is 0 Å². The highest BCUT2D eigenvalue weighted by Gasteiger charge is 2.66. The molecule has 2 aromatic rings. The average Bonchev–Trinajstić information content (AvgIpc) is 3.81. The molecule has 0 spiro atoms. The molecule has 4 atom stereocenters. The Labute approximate surface area is 267 Å². The predicted octanol–water partition coefficient (Wildman–Crippen LogP) is 4.03. The number of carbonyl (C=O) groups excluding carboxylic acids is 3. The lowest BCUT2D eigenvalue weighted by Gasteiger charge is -2.50. The van der Waals surface area contributed by atoms with Crippen molar-refractivity contribution in [2.24, 2.45) is 11.3 Å². The largest absolute Gasteiger partial charge is 0.497 e. The summed E-state index contributed by atoms with van der Waals surface area (Å²) < 4.78 is 38.8. The van der Waals surface area contributed by atoms with Gasteiger partial charge in [-0.1, -0.05) is 25.1 Å². The van der Waals surface area contributed by atoms with Crippen molar-refractivity contribution in [1.82, 2.24) is 5.32 Å². The molecule has 1 amide bonds. The highest BCUT2D eigenvalue weighted by Crippen LogP contribution is 2.55. The van der Waals surface area contributed by atoms with Gasteiger partial charge in [0.1, 0.15) is 18.6 Å². The van der Waals surface area contributed by atoms with Crippen LogP contribution in [0.4, 0.5) is 4.79 Å². The topological polar surface area (TPSA) is 146 Å². The Morgan fingerprint density at radius 3 is 2.22 bits per heavy atom. The lowest BCUT2D eigenvalue weighted by Crippen LogP contribution is -2.67. The average molecular weight is 642 g/mol. The summed E-state index contributed by atoms with van der Waals surface area (Å²) in [6, 6.07) is 9.80. The van der Waals surface area contributed by atoms with Crippen LogP contribution in [-0.2, 0) is 45.5 Å². The minimum Gasteiger partial charge on any atom is -0.497 e. The number of rotatable bonds is 15. The molecule has 2 aromatic carbocycles. The summed E-state index contributed by atoms with van der Waals surface area (Å²) in [5.74, 6) is -0.377. The Hall–Kier alpha value is -4.75. The molecule has 4 rings (SSSR count). The first-order valence-electron chi connectivity index (χ1n) is 14.6. The zero-order valence-corrected chi connectivity index (χ0v) is 26.7. The molecule has 0 aromatic heterocycles. The number of esters is 1. The summed E-state index contributed by atoms with van der Waals surface area (Å²) in [6.07, 6.45) is 3.38. The van der Waals surface area contributed by atoms with Crippen molar-refractivity contribution < 1.29 is 57.3 Å². The van der Waals surface area contributed by atoms with E-state index in [1.165, 1.54) is 28.4 Å². The molecule has 2 heterocycles. The molecular weight excluding hydrogens is 602 g/mol. The van der Waals surface area contributed by atoms with Crippen molar-refractivity contribution in [3.63, 3.8) is 0 Å². The van der Waals surface area contributed by atoms with Gasteiger partial charge in [0.2, 0.25) is 12.0 Å². The van der Waals surface area contributed by atoms with Crippen molar-refractivity contribution >= 4 is 18.3 Å². The first kappa shape index (κ1) is 34.1. The van der Waals surface area contributed by atoms with E-state index in [-0.39, 0.29) is 37.6 Å². The second-order valence-corrected chi connectivity index (χ2v) is 10.4. The summed E-state index contributed by atoms with van der Waals surface area (Å²) in [4.78, 5) is 52.6.